The van der Waals surface area contributed by atoms with E-state index in [1.165, 1.54) is 36.8 Å². The van der Waals surface area contributed by atoms with Crippen molar-refractivity contribution in [1.82, 2.24) is 25.1 Å². The lowest BCUT2D eigenvalue weighted by atomic mass is 9.82. The number of amides is 3. The Morgan fingerprint density at radius 3 is 2.31 bits per heavy atom. The number of fused-ring (bicyclic) bond motifs is 2. The number of esters is 1. The fourth-order valence-corrected chi connectivity index (χ4v) is 14.5. The number of alkyl halides is 4. The summed E-state index contributed by atoms with van der Waals surface area (Å²) in [4.78, 5) is 63.3. The molecule has 3 saturated carbocycles. The molecule has 0 bridgehead atoms. The van der Waals surface area contributed by atoms with Gasteiger partial charge in [0.05, 0.1) is 11.5 Å². The molecular formula is C52H60F4N5O7PS. The van der Waals surface area contributed by atoms with Gasteiger partial charge in [-0.3, -0.25) is 23.7 Å². The number of hydrogen-bond donors (Lipinski definition) is 2. The zero-order valence-corrected chi connectivity index (χ0v) is 41.0. The maximum atomic E-state index is 16.8. The van der Waals surface area contributed by atoms with E-state index in [1.807, 2.05) is 30.1 Å². The number of nitrogens with zero attached hydrogens (tertiary/aromatic N) is 3. The van der Waals surface area contributed by atoms with Crippen LogP contribution < -0.4 is 14.9 Å². The second kappa shape index (κ2) is 19.3. The van der Waals surface area contributed by atoms with Gasteiger partial charge in [-0.2, -0.15) is 0 Å². The molecule has 3 amide bonds. The van der Waals surface area contributed by atoms with Crippen LogP contribution in [0.15, 0.2) is 84.9 Å². The second-order valence-electron chi connectivity index (χ2n) is 20.7. The molecule has 3 saturated heterocycles. The number of hydrogen-bond acceptors (Lipinski definition) is 9. The molecule has 1 aromatic heterocycles. The van der Waals surface area contributed by atoms with E-state index in [9.17, 15) is 36.9 Å². The van der Waals surface area contributed by atoms with Gasteiger partial charge in [0, 0.05) is 59.6 Å². The van der Waals surface area contributed by atoms with E-state index in [0.717, 1.165) is 30.6 Å². The number of ether oxygens (including phenoxy) is 1. The predicted molar refractivity (Wildman–Crippen MR) is 257 cm³/mol. The van der Waals surface area contributed by atoms with Gasteiger partial charge < -0.3 is 29.3 Å². The summed E-state index contributed by atoms with van der Waals surface area (Å²) in [6.45, 7) is 1.67. The van der Waals surface area contributed by atoms with E-state index >= 15 is 4.39 Å². The first-order valence-corrected chi connectivity index (χ1v) is 27.2. The maximum absolute atomic E-state index is 16.8. The van der Waals surface area contributed by atoms with Crippen LogP contribution >= 0.6 is 18.9 Å². The quantitative estimate of drug-likeness (QED) is 0.0678. The molecule has 4 aromatic rings. The number of thiophene rings is 1. The molecular weight excluding hydrogens is 946 g/mol. The third-order valence-corrected chi connectivity index (χ3v) is 19.1. The van der Waals surface area contributed by atoms with Gasteiger partial charge in [0.2, 0.25) is 23.6 Å². The van der Waals surface area contributed by atoms with Crippen LogP contribution in [0.5, 0.6) is 5.75 Å². The van der Waals surface area contributed by atoms with Crippen molar-refractivity contribution in [2.45, 2.75) is 150 Å². The highest BCUT2D eigenvalue weighted by atomic mass is 32.1. The fraction of sp³-hybridized carbons (Fsp3) is 0.538. The van der Waals surface area contributed by atoms with Crippen LogP contribution in [0.25, 0.3) is 10.1 Å². The molecule has 3 aliphatic carbocycles. The normalized spacial score (nSPS) is 28.7. The van der Waals surface area contributed by atoms with E-state index in [2.05, 4.69) is 27.4 Å². The number of para-hydroxylation sites is 1. The van der Waals surface area contributed by atoms with Crippen LogP contribution in [0, 0.1) is 5.92 Å². The summed E-state index contributed by atoms with van der Waals surface area (Å²) in [5, 5.41) is 6.02. The van der Waals surface area contributed by atoms with Crippen LogP contribution in [0.4, 0.5) is 17.6 Å². The van der Waals surface area contributed by atoms with E-state index in [-0.39, 0.29) is 64.2 Å². The third kappa shape index (κ3) is 9.88. The zero-order chi connectivity index (χ0) is 49.1. The Morgan fingerprint density at radius 2 is 1.63 bits per heavy atom. The molecule has 6 aliphatic rings. The van der Waals surface area contributed by atoms with Crippen LogP contribution in [-0.2, 0) is 23.7 Å². The third-order valence-electron chi connectivity index (χ3n) is 15.8. The van der Waals surface area contributed by atoms with Crippen molar-refractivity contribution in [3.8, 4) is 5.75 Å². The Labute approximate surface area is 409 Å². The van der Waals surface area contributed by atoms with E-state index in [0.29, 0.717) is 61.6 Å². The number of rotatable bonds is 15. The van der Waals surface area contributed by atoms with Gasteiger partial charge >= 0.3 is 13.5 Å². The van der Waals surface area contributed by atoms with Gasteiger partial charge in [-0.15, -0.1) is 11.3 Å². The summed E-state index contributed by atoms with van der Waals surface area (Å²) in [7, 11) is -2.61. The molecule has 4 heterocycles. The molecule has 8 atom stereocenters. The Balaban J connectivity index is 0.868. The van der Waals surface area contributed by atoms with Crippen molar-refractivity contribution in [2.24, 2.45) is 5.92 Å². The molecule has 12 nitrogen and oxygen atoms in total. The van der Waals surface area contributed by atoms with Crippen molar-refractivity contribution in [2.75, 3.05) is 20.2 Å². The zero-order valence-electron chi connectivity index (χ0n) is 39.3. The number of nitrogens with one attached hydrogen (secondary N) is 2. The summed E-state index contributed by atoms with van der Waals surface area (Å²) in [6.07, 6.45) is 4.72. The second-order valence-corrected chi connectivity index (χ2v) is 23.9. The Morgan fingerprint density at radius 1 is 0.914 bits per heavy atom. The Kier molecular flexibility index (Phi) is 13.5. The number of likely N-dealkylation sites (tertiary alicyclic amines) is 1. The summed E-state index contributed by atoms with van der Waals surface area (Å²) in [6, 6.07) is 21.1. The first kappa shape index (κ1) is 48.8. The minimum Gasteiger partial charge on any atom is -0.464 e. The topological polar surface area (TPSA) is 138 Å². The largest absolute Gasteiger partial charge is 0.464 e. The molecule has 6 fully saturated rings. The summed E-state index contributed by atoms with van der Waals surface area (Å²) < 4.78 is 83.9. The average molecular weight is 1010 g/mol. The predicted octanol–water partition coefficient (Wildman–Crippen LogP) is 9.70. The SMILES string of the molecule is C[C@H](NP(=O)(Oc1ccccc1)[C@@H](F)c1ccc2sc(C(=O)N[C@H]3CC[C@H](N(C)C4CC(F)C4)C[C@H]4CC[C@@H](C(=O)N5C[C@H](c6ccccc6)CC56CC6)N4C3=O)cc2c1)C(=O)OCC1CC(F)(F)C1. The van der Waals surface area contributed by atoms with E-state index < -0.39 is 74.3 Å². The molecule has 70 heavy (non-hydrogen) atoms. The van der Waals surface area contributed by atoms with Crippen LogP contribution in [0.3, 0.4) is 0 Å². The fourth-order valence-electron chi connectivity index (χ4n) is 11.6. The summed E-state index contributed by atoms with van der Waals surface area (Å²) in [5.74, 6) is -7.08. The van der Waals surface area contributed by atoms with Gasteiger partial charge in [-0.05, 0) is 125 Å². The molecule has 1 unspecified atom stereocenters. The lowest BCUT2D eigenvalue weighted by Gasteiger charge is -2.45. The first-order valence-electron chi connectivity index (χ1n) is 24.7. The number of carbonyl (C=O) groups excluding carboxylic acids is 4. The molecule has 18 heteroatoms. The minimum absolute atomic E-state index is 0.0000658. The van der Waals surface area contributed by atoms with Crippen molar-refractivity contribution >= 4 is 52.6 Å². The van der Waals surface area contributed by atoms with Crippen LogP contribution in [-0.4, -0.2) is 112 Å². The van der Waals surface area contributed by atoms with Gasteiger partial charge in [0.15, 0.2) is 0 Å². The molecule has 2 N–H and O–H groups in total. The van der Waals surface area contributed by atoms with Crippen molar-refractivity contribution in [3.05, 3.63) is 101 Å². The van der Waals surface area contributed by atoms with E-state index in [1.54, 1.807) is 35.2 Å². The van der Waals surface area contributed by atoms with Gasteiger partial charge in [0.1, 0.15) is 30.0 Å². The highest BCUT2D eigenvalue weighted by Crippen LogP contribution is 2.58. The molecule has 1 spiro atoms. The molecule has 3 aliphatic heterocycles. The number of carbonyl (C=O) groups is 4. The van der Waals surface area contributed by atoms with Crippen molar-refractivity contribution in [3.63, 3.8) is 0 Å². The van der Waals surface area contributed by atoms with Crippen molar-refractivity contribution < 1.29 is 50.6 Å². The molecule has 3 aromatic carbocycles. The van der Waals surface area contributed by atoms with Gasteiger partial charge in [-0.25, -0.2) is 22.6 Å². The van der Waals surface area contributed by atoms with Crippen LogP contribution in [0.2, 0.25) is 0 Å². The monoisotopic (exact) mass is 1010 g/mol. The molecule has 0 radical (unpaired) electrons. The highest BCUT2D eigenvalue weighted by molar-refractivity contribution is 7.57. The summed E-state index contributed by atoms with van der Waals surface area (Å²) in [5.41, 5.74) is 0.940. The lowest BCUT2D eigenvalue weighted by molar-refractivity contribution is -0.158. The first-order chi connectivity index (χ1) is 33.5. The standard InChI is InChI=1S/C52H60F4N5O7PS/c1-31(50(65)67-30-32-26-52(55,56)27-32)58-69(66,68-41-11-7-4-8-12-41)46(54)34-13-18-44-35(21-34)22-45(70-44)47(62)57-42-16-14-38(59(2)40-23-37(53)24-40)25-39-15-17-43(61(39)48(42)63)49(64)60-29-36(28-51(60)19-20-51)33-9-5-3-6-10-33/h3-13,18,21-22,31-32,36-40,42-43,46H,14-17,19-20,23-30H2,1-2H3,(H,57,62)(H,58,66)/t31-,36+,37?,38-,39+,40?,42-,43-,46+,69?/m0/s1. The highest BCUT2D eigenvalue weighted by Gasteiger charge is 2.59. The van der Waals surface area contributed by atoms with Crippen LogP contribution in [0.1, 0.15) is 117 Å². The minimum atomic E-state index is -4.63. The maximum Gasteiger partial charge on any atom is 0.355 e. The molecule has 374 valence electrons. The number of benzene rings is 3. The Hall–Kier alpha value is -4.83. The van der Waals surface area contributed by atoms with Gasteiger partial charge in [0.25, 0.3) is 5.91 Å². The van der Waals surface area contributed by atoms with E-state index in [4.69, 9.17) is 9.26 Å². The van der Waals surface area contributed by atoms with Gasteiger partial charge in [-0.1, -0.05) is 54.6 Å². The lowest BCUT2D eigenvalue weighted by Crippen LogP contribution is -2.59. The number of halogens is 4. The summed E-state index contributed by atoms with van der Waals surface area (Å²) >= 11 is 1.14. The smallest absolute Gasteiger partial charge is 0.355 e. The molecule has 10 rings (SSSR count). The van der Waals surface area contributed by atoms with Crippen molar-refractivity contribution in [1.29, 1.82) is 0 Å². The Bertz CT molecular complexity index is 2650. The average Bonchev–Trinajstić information content (AvgIpc) is 3.59.